The number of amides is 1. The van der Waals surface area contributed by atoms with Gasteiger partial charge in [0.2, 0.25) is 5.91 Å². The zero-order valence-electron chi connectivity index (χ0n) is 13.9. The second kappa shape index (κ2) is 6.87. The zero-order valence-corrected chi connectivity index (χ0v) is 13.9. The SMILES string of the molecule is COc1ccc2c(c1)CN(C(=O)/C=C(/C)c1cccc(F)c1)CC2. The molecule has 2 aromatic carbocycles. The maximum Gasteiger partial charge on any atom is 0.247 e. The number of benzene rings is 2. The van der Waals surface area contributed by atoms with Crippen LogP contribution in [0.1, 0.15) is 23.6 Å². The number of halogens is 1. The van der Waals surface area contributed by atoms with Gasteiger partial charge in [0.25, 0.3) is 0 Å². The molecular formula is C20H20FNO2. The standard InChI is InChI=1S/C20H20FNO2/c1-14(16-4-3-5-18(21)11-16)10-20(23)22-9-8-15-6-7-19(24-2)12-17(15)13-22/h3-7,10-12H,8-9,13H2,1-2H3/b14-10-. The molecule has 0 aromatic heterocycles. The van der Waals surface area contributed by atoms with E-state index < -0.39 is 0 Å². The fraction of sp³-hybridized carbons (Fsp3) is 0.250. The molecule has 2 aromatic rings. The van der Waals surface area contributed by atoms with E-state index in [0.29, 0.717) is 13.1 Å². The molecule has 3 rings (SSSR count). The van der Waals surface area contributed by atoms with Crippen molar-refractivity contribution in [1.82, 2.24) is 4.90 Å². The zero-order chi connectivity index (χ0) is 17.1. The number of hydrogen-bond acceptors (Lipinski definition) is 2. The number of carbonyl (C=O) groups is 1. The van der Waals surface area contributed by atoms with Crippen molar-refractivity contribution in [3.63, 3.8) is 0 Å². The number of ether oxygens (including phenoxy) is 1. The van der Waals surface area contributed by atoms with E-state index in [1.807, 2.05) is 24.0 Å². The molecule has 0 saturated heterocycles. The molecule has 0 spiro atoms. The molecule has 4 heteroatoms. The van der Waals surface area contributed by atoms with Crippen LogP contribution in [0.25, 0.3) is 5.57 Å². The minimum Gasteiger partial charge on any atom is -0.497 e. The molecule has 0 radical (unpaired) electrons. The van der Waals surface area contributed by atoms with Gasteiger partial charge in [0.05, 0.1) is 7.11 Å². The van der Waals surface area contributed by atoms with Gasteiger partial charge in [0.15, 0.2) is 0 Å². The number of rotatable bonds is 3. The van der Waals surface area contributed by atoms with Gasteiger partial charge in [-0.05, 0) is 59.9 Å². The fourth-order valence-electron chi connectivity index (χ4n) is 2.94. The summed E-state index contributed by atoms with van der Waals surface area (Å²) >= 11 is 0. The minimum atomic E-state index is -0.299. The number of fused-ring (bicyclic) bond motifs is 1. The molecule has 0 aliphatic carbocycles. The molecule has 0 fully saturated rings. The van der Waals surface area contributed by atoms with Gasteiger partial charge in [-0.2, -0.15) is 0 Å². The lowest BCUT2D eigenvalue weighted by atomic mass is 9.99. The van der Waals surface area contributed by atoms with Crippen LogP contribution in [-0.4, -0.2) is 24.5 Å². The van der Waals surface area contributed by atoms with Crippen LogP contribution in [0.4, 0.5) is 4.39 Å². The molecule has 0 saturated carbocycles. The molecule has 0 atom stereocenters. The Labute approximate surface area is 141 Å². The molecule has 1 amide bonds. The van der Waals surface area contributed by atoms with E-state index in [2.05, 4.69) is 6.07 Å². The Hall–Kier alpha value is -2.62. The number of carbonyl (C=O) groups excluding carboxylic acids is 1. The lowest BCUT2D eigenvalue weighted by molar-refractivity contribution is -0.126. The van der Waals surface area contributed by atoms with Gasteiger partial charge in [-0.15, -0.1) is 0 Å². The second-order valence-corrected chi connectivity index (χ2v) is 5.98. The average molecular weight is 325 g/mol. The molecule has 1 aliphatic heterocycles. The van der Waals surface area contributed by atoms with E-state index in [-0.39, 0.29) is 11.7 Å². The summed E-state index contributed by atoms with van der Waals surface area (Å²) in [5.74, 6) is 0.450. The molecule has 0 bridgehead atoms. The molecule has 3 nitrogen and oxygen atoms in total. The van der Waals surface area contributed by atoms with Crippen molar-refractivity contribution >= 4 is 11.5 Å². The van der Waals surface area contributed by atoms with Crippen LogP contribution in [0.2, 0.25) is 0 Å². The summed E-state index contributed by atoms with van der Waals surface area (Å²) in [5, 5.41) is 0. The third-order valence-electron chi connectivity index (χ3n) is 4.36. The lowest BCUT2D eigenvalue weighted by Gasteiger charge is -2.28. The summed E-state index contributed by atoms with van der Waals surface area (Å²) < 4.78 is 18.6. The smallest absolute Gasteiger partial charge is 0.247 e. The van der Waals surface area contributed by atoms with Crippen LogP contribution in [0, 0.1) is 5.82 Å². The highest BCUT2D eigenvalue weighted by molar-refractivity contribution is 5.95. The van der Waals surface area contributed by atoms with Crippen LogP contribution in [0.5, 0.6) is 5.75 Å². The van der Waals surface area contributed by atoms with Crippen molar-refractivity contribution in [2.24, 2.45) is 0 Å². The quantitative estimate of drug-likeness (QED) is 0.803. The fourth-order valence-corrected chi connectivity index (χ4v) is 2.94. The van der Waals surface area contributed by atoms with Crippen molar-refractivity contribution in [3.05, 3.63) is 71.0 Å². The predicted molar refractivity (Wildman–Crippen MR) is 92.2 cm³/mol. The Morgan fingerprint density at radius 1 is 1.21 bits per heavy atom. The van der Waals surface area contributed by atoms with Gasteiger partial charge in [0, 0.05) is 19.2 Å². The second-order valence-electron chi connectivity index (χ2n) is 5.98. The van der Waals surface area contributed by atoms with Crippen LogP contribution in [-0.2, 0) is 17.8 Å². The summed E-state index contributed by atoms with van der Waals surface area (Å²) in [4.78, 5) is 14.4. The highest BCUT2D eigenvalue weighted by Crippen LogP contribution is 2.24. The highest BCUT2D eigenvalue weighted by Gasteiger charge is 2.20. The van der Waals surface area contributed by atoms with Crippen molar-refractivity contribution in [2.45, 2.75) is 19.9 Å². The summed E-state index contributed by atoms with van der Waals surface area (Å²) in [6, 6.07) is 12.3. The van der Waals surface area contributed by atoms with E-state index >= 15 is 0 Å². The molecule has 1 heterocycles. The molecule has 1 aliphatic rings. The van der Waals surface area contributed by atoms with Gasteiger partial charge < -0.3 is 9.64 Å². The molecule has 0 unspecified atom stereocenters. The third-order valence-corrected chi connectivity index (χ3v) is 4.36. The topological polar surface area (TPSA) is 29.5 Å². The molecule has 0 N–H and O–H groups in total. The first kappa shape index (κ1) is 16.2. The molecule has 24 heavy (non-hydrogen) atoms. The largest absolute Gasteiger partial charge is 0.497 e. The Morgan fingerprint density at radius 2 is 2.04 bits per heavy atom. The van der Waals surface area contributed by atoms with Crippen LogP contribution in [0.15, 0.2) is 48.5 Å². The first-order chi connectivity index (χ1) is 11.6. The Morgan fingerprint density at radius 3 is 2.79 bits per heavy atom. The summed E-state index contributed by atoms with van der Waals surface area (Å²) in [7, 11) is 1.64. The van der Waals surface area contributed by atoms with Crippen molar-refractivity contribution in [3.8, 4) is 5.75 Å². The molecular weight excluding hydrogens is 305 g/mol. The van der Waals surface area contributed by atoms with E-state index in [4.69, 9.17) is 4.74 Å². The first-order valence-corrected chi connectivity index (χ1v) is 7.96. The number of nitrogens with zero attached hydrogens (tertiary/aromatic N) is 1. The first-order valence-electron chi connectivity index (χ1n) is 7.96. The van der Waals surface area contributed by atoms with E-state index in [0.717, 1.165) is 28.9 Å². The third kappa shape index (κ3) is 3.48. The van der Waals surface area contributed by atoms with Crippen LogP contribution in [0.3, 0.4) is 0 Å². The van der Waals surface area contributed by atoms with Crippen LogP contribution >= 0.6 is 0 Å². The normalized spacial score (nSPS) is 14.3. The Kier molecular flexibility index (Phi) is 4.65. The highest BCUT2D eigenvalue weighted by atomic mass is 19.1. The van der Waals surface area contributed by atoms with Crippen LogP contribution < -0.4 is 4.74 Å². The monoisotopic (exact) mass is 325 g/mol. The van der Waals surface area contributed by atoms with Gasteiger partial charge >= 0.3 is 0 Å². The summed E-state index contributed by atoms with van der Waals surface area (Å²) in [6.07, 6.45) is 2.41. The number of methoxy groups -OCH3 is 1. The van der Waals surface area contributed by atoms with E-state index in [9.17, 15) is 9.18 Å². The van der Waals surface area contributed by atoms with Gasteiger partial charge in [-0.1, -0.05) is 18.2 Å². The summed E-state index contributed by atoms with van der Waals surface area (Å²) in [5.41, 5.74) is 3.86. The Bertz CT molecular complexity index is 798. The van der Waals surface area contributed by atoms with Gasteiger partial charge in [0.1, 0.15) is 11.6 Å². The molecule has 124 valence electrons. The Balaban J connectivity index is 1.77. The lowest BCUT2D eigenvalue weighted by Crippen LogP contribution is -2.34. The summed E-state index contributed by atoms with van der Waals surface area (Å²) in [6.45, 7) is 3.08. The average Bonchev–Trinajstić information content (AvgIpc) is 2.60. The minimum absolute atomic E-state index is 0.0507. The van der Waals surface area contributed by atoms with Crippen molar-refractivity contribution in [1.29, 1.82) is 0 Å². The van der Waals surface area contributed by atoms with Crippen molar-refractivity contribution < 1.29 is 13.9 Å². The number of allylic oxidation sites excluding steroid dienone is 1. The predicted octanol–water partition coefficient (Wildman–Crippen LogP) is 3.82. The van der Waals surface area contributed by atoms with E-state index in [1.165, 1.54) is 17.7 Å². The van der Waals surface area contributed by atoms with Crippen molar-refractivity contribution in [2.75, 3.05) is 13.7 Å². The van der Waals surface area contributed by atoms with Gasteiger partial charge in [-0.25, -0.2) is 4.39 Å². The maximum atomic E-state index is 13.3. The van der Waals surface area contributed by atoms with Gasteiger partial charge in [-0.3, -0.25) is 4.79 Å². The van der Waals surface area contributed by atoms with E-state index in [1.54, 1.807) is 25.3 Å². The maximum absolute atomic E-state index is 13.3. The number of hydrogen-bond donors (Lipinski definition) is 0.